The topological polar surface area (TPSA) is 33.3 Å². The van der Waals surface area contributed by atoms with Crippen LogP contribution in [0.1, 0.15) is 11.1 Å². The highest BCUT2D eigenvalue weighted by Crippen LogP contribution is 2.34. The van der Waals surface area contributed by atoms with Gasteiger partial charge in [-0.1, -0.05) is 42.5 Å². The Morgan fingerprint density at radius 3 is 2.14 bits per heavy atom. The van der Waals surface area contributed by atoms with Gasteiger partial charge >= 0.3 is 6.18 Å². The van der Waals surface area contributed by atoms with Crippen LogP contribution in [0.25, 0.3) is 0 Å². The molecule has 0 aliphatic carbocycles. The molecule has 0 aromatic heterocycles. The van der Waals surface area contributed by atoms with Crippen molar-refractivity contribution in [2.75, 3.05) is 10.6 Å². The predicted octanol–water partition coefficient (Wildman–Crippen LogP) is 6.09. The van der Waals surface area contributed by atoms with Crippen molar-refractivity contribution < 1.29 is 17.9 Å². The van der Waals surface area contributed by atoms with E-state index in [1.165, 1.54) is 18.2 Å². The van der Waals surface area contributed by atoms with Crippen molar-refractivity contribution in [3.63, 3.8) is 0 Å². The summed E-state index contributed by atoms with van der Waals surface area (Å²) in [7, 11) is 0. The molecule has 2 N–H and O–H groups in total. The zero-order chi connectivity index (χ0) is 20.0. The lowest BCUT2D eigenvalue weighted by molar-refractivity contribution is -0.136. The van der Waals surface area contributed by atoms with Gasteiger partial charge in [-0.2, -0.15) is 13.2 Å². The van der Waals surface area contributed by atoms with Gasteiger partial charge in [-0.3, -0.25) is 0 Å². The highest BCUT2D eigenvalue weighted by atomic mass is 32.1. The number of rotatable bonds is 5. The van der Waals surface area contributed by atoms with Crippen LogP contribution >= 0.6 is 12.2 Å². The molecular formula is C21H17F3N2OS. The number of nitrogens with one attached hydrogen (secondary N) is 2. The Morgan fingerprint density at radius 2 is 1.46 bits per heavy atom. The number of thiocarbonyl (C=S) groups is 1. The smallest absolute Gasteiger partial charge is 0.418 e. The van der Waals surface area contributed by atoms with Gasteiger partial charge in [0.2, 0.25) is 0 Å². The van der Waals surface area contributed by atoms with E-state index in [1.807, 2.05) is 30.3 Å². The van der Waals surface area contributed by atoms with Crippen molar-refractivity contribution in [2.24, 2.45) is 0 Å². The van der Waals surface area contributed by atoms with Crippen molar-refractivity contribution in [2.45, 2.75) is 12.8 Å². The predicted molar refractivity (Wildman–Crippen MR) is 109 cm³/mol. The zero-order valence-electron chi connectivity index (χ0n) is 14.7. The van der Waals surface area contributed by atoms with E-state index >= 15 is 0 Å². The maximum Gasteiger partial charge on any atom is 0.418 e. The van der Waals surface area contributed by atoms with E-state index in [4.69, 9.17) is 17.0 Å². The van der Waals surface area contributed by atoms with Gasteiger partial charge in [0.1, 0.15) is 12.4 Å². The first-order chi connectivity index (χ1) is 13.4. The van der Waals surface area contributed by atoms with Gasteiger partial charge < -0.3 is 15.4 Å². The molecule has 0 spiro atoms. The Hall–Kier alpha value is -3.06. The molecule has 28 heavy (non-hydrogen) atoms. The third-order valence-electron chi connectivity index (χ3n) is 3.84. The van der Waals surface area contributed by atoms with Crippen LogP contribution < -0.4 is 15.4 Å². The van der Waals surface area contributed by atoms with E-state index < -0.39 is 11.7 Å². The van der Waals surface area contributed by atoms with Gasteiger partial charge in [0.05, 0.1) is 11.3 Å². The van der Waals surface area contributed by atoms with Gasteiger partial charge in [-0.25, -0.2) is 0 Å². The monoisotopic (exact) mass is 402 g/mol. The quantitative estimate of drug-likeness (QED) is 0.506. The largest absolute Gasteiger partial charge is 0.489 e. The molecule has 0 unspecified atom stereocenters. The van der Waals surface area contributed by atoms with Crippen molar-refractivity contribution in [3.05, 3.63) is 90.0 Å². The van der Waals surface area contributed by atoms with Crippen LogP contribution in [0.3, 0.4) is 0 Å². The van der Waals surface area contributed by atoms with Crippen LogP contribution in [-0.2, 0) is 12.8 Å². The van der Waals surface area contributed by atoms with Crippen molar-refractivity contribution >= 4 is 28.7 Å². The second-order valence-corrected chi connectivity index (χ2v) is 6.33. The average Bonchev–Trinajstić information content (AvgIpc) is 2.68. The maximum atomic E-state index is 13.0. The van der Waals surface area contributed by atoms with Crippen molar-refractivity contribution in [1.82, 2.24) is 0 Å². The lowest BCUT2D eigenvalue weighted by Gasteiger charge is -2.16. The summed E-state index contributed by atoms with van der Waals surface area (Å²) in [5.74, 6) is 0.677. The minimum atomic E-state index is -4.46. The highest BCUT2D eigenvalue weighted by molar-refractivity contribution is 7.80. The van der Waals surface area contributed by atoms with Gasteiger partial charge in [-0.15, -0.1) is 0 Å². The second-order valence-electron chi connectivity index (χ2n) is 5.92. The molecule has 0 aliphatic heterocycles. The van der Waals surface area contributed by atoms with E-state index in [1.54, 1.807) is 24.3 Å². The molecule has 3 aromatic carbocycles. The molecule has 3 aromatic rings. The number of para-hydroxylation sites is 1. The summed E-state index contributed by atoms with van der Waals surface area (Å²) in [6.07, 6.45) is -4.46. The number of ether oxygens (including phenoxy) is 1. The van der Waals surface area contributed by atoms with Crippen LogP contribution in [0, 0.1) is 0 Å². The van der Waals surface area contributed by atoms with E-state index in [-0.39, 0.29) is 10.8 Å². The summed E-state index contributed by atoms with van der Waals surface area (Å²) in [5, 5.41) is 5.53. The van der Waals surface area contributed by atoms with Crippen LogP contribution in [0.5, 0.6) is 5.75 Å². The van der Waals surface area contributed by atoms with Gasteiger partial charge in [0.25, 0.3) is 0 Å². The summed E-state index contributed by atoms with van der Waals surface area (Å²) in [6.45, 7) is 0.446. The van der Waals surface area contributed by atoms with Crippen LogP contribution in [0.2, 0.25) is 0 Å². The molecule has 0 bridgehead atoms. The van der Waals surface area contributed by atoms with Crippen LogP contribution in [0.4, 0.5) is 24.5 Å². The first-order valence-corrected chi connectivity index (χ1v) is 8.84. The van der Waals surface area contributed by atoms with E-state index in [0.29, 0.717) is 18.0 Å². The van der Waals surface area contributed by atoms with Crippen LogP contribution in [0.15, 0.2) is 78.9 Å². The second kappa shape index (κ2) is 8.75. The Morgan fingerprint density at radius 1 is 0.821 bits per heavy atom. The molecule has 0 radical (unpaired) electrons. The maximum absolute atomic E-state index is 13.0. The molecule has 144 valence electrons. The number of alkyl halides is 3. The van der Waals surface area contributed by atoms with Crippen molar-refractivity contribution in [1.29, 1.82) is 0 Å². The number of anilines is 2. The third-order valence-corrected chi connectivity index (χ3v) is 4.05. The Labute approximate surface area is 166 Å². The Kier molecular flexibility index (Phi) is 6.16. The minimum Gasteiger partial charge on any atom is -0.489 e. The number of halogens is 3. The molecular weight excluding hydrogens is 385 g/mol. The molecule has 0 aliphatic rings. The van der Waals surface area contributed by atoms with Gasteiger partial charge in [-0.05, 0) is 54.2 Å². The molecule has 7 heteroatoms. The van der Waals surface area contributed by atoms with Gasteiger partial charge in [0, 0.05) is 5.69 Å². The van der Waals surface area contributed by atoms with Gasteiger partial charge in [0.15, 0.2) is 5.11 Å². The third kappa shape index (κ3) is 5.47. The number of hydrogen-bond acceptors (Lipinski definition) is 2. The number of benzene rings is 3. The molecule has 0 amide bonds. The lowest BCUT2D eigenvalue weighted by Crippen LogP contribution is -2.21. The molecule has 0 heterocycles. The summed E-state index contributed by atoms with van der Waals surface area (Å²) in [5.41, 5.74) is 0.812. The normalized spacial score (nSPS) is 11.0. The molecule has 3 nitrogen and oxygen atoms in total. The fourth-order valence-electron chi connectivity index (χ4n) is 2.50. The molecule has 3 rings (SSSR count). The minimum absolute atomic E-state index is 0.0645. The molecule has 0 fully saturated rings. The van der Waals surface area contributed by atoms with Crippen LogP contribution in [-0.4, -0.2) is 5.11 Å². The van der Waals surface area contributed by atoms with E-state index in [2.05, 4.69) is 10.6 Å². The standard InChI is InChI=1S/C21H17F3N2OS/c22-21(23,24)18-8-4-5-9-19(18)26-20(28)25-16-10-12-17(13-11-16)27-14-15-6-2-1-3-7-15/h1-13H,14H2,(H2,25,26,28). The average molecular weight is 402 g/mol. The lowest BCUT2D eigenvalue weighted by atomic mass is 10.1. The first kappa shape index (κ1) is 19.7. The molecule has 0 atom stereocenters. The molecule has 0 saturated carbocycles. The zero-order valence-corrected chi connectivity index (χ0v) is 15.5. The summed E-state index contributed by atoms with van der Waals surface area (Å²) in [4.78, 5) is 0. The summed E-state index contributed by atoms with van der Waals surface area (Å²) >= 11 is 5.13. The fourth-order valence-corrected chi connectivity index (χ4v) is 2.73. The molecule has 0 saturated heterocycles. The Bertz CT molecular complexity index is 928. The SMILES string of the molecule is FC(F)(F)c1ccccc1NC(=S)Nc1ccc(OCc2ccccc2)cc1. The van der Waals surface area contributed by atoms with E-state index in [0.717, 1.165) is 11.6 Å². The van der Waals surface area contributed by atoms with E-state index in [9.17, 15) is 13.2 Å². The van der Waals surface area contributed by atoms with Crippen molar-refractivity contribution in [3.8, 4) is 5.75 Å². The summed E-state index contributed by atoms with van der Waals surface area (Å²) < 4.78 is 44.8. The summed E-state index contributed by atoms with van der Waals surface area (Å²) in [6, 6.07) is 21.9. The fraction of sp³-hybridized carbons (Fsp3) is 0.0952. The number of hydrogen-bond donors (Lipinski definition) is 2. The Balaban J connectivity index is 1.58. The first-order valence-electron chi connectivity index (χ1n) is 8.43. The highest BCUT2D eigenvalue weighted by Gasteiger charge is 2.33.